The topological polar surface area (TPSA) is 169 Å². The SMILES string of the molecule is CC1(C)CC[C@@]2(C(=P)N[C@@H](O)C3OC(CO)[C@H](O)[C@H]3O)C(C1)C1=CCC3[C@@]4(C)CC[C@H](O)C(C)(C)C4CC[C@@]3(C)[C@]1(N)C[C@H]2O. The van der Waals surface area contributed by atoms with Crippen LogP contribution in [0, 0.1) is 44.8 Å². The predicted octanol–water partition coefficient (Wildman–Crippen LogP) is 2.47. The molecule has 0 aromatic heterocycles. The standard InChI is InChI=1S/C35H59N2O7P/c1-30(2)13-14-34(29(45)37-28(43)27-26(42)25(41)20(17-38)44-27)19(15-30)18-7-8-22-32(5)11-10-23(39)31(3,4)21(32)9-12-33(22,6)35(18,36)16-24(34)40/h7,19-28,37-43,45H,8-17,36H2,1-6H3/t19?,20?,21?,22?,23-,24+,25-,26+,27?,28-,32-,33+,34+,35-/m0/s1. The number of ether oxygens (including phenoxy) is 1. The number of allylic oxidation sites excluding steroid dienone is 1. The van der Waals surface area contributed by atoms with E-state index in [2.05, 4.69) is 61.8 Å². The van der Waals surface area contributed by atoms with Crippen molar-refractivity contribution in [2.45, 2.75) is 148 Å². The van der Waals surface area contributed by atoms with Gasteiger partial charge < -0.3 is 41.1 Å². The minimum absolute atomic E-state index is 0.0201. The van der Waals surface area contributed by atoms with Gasteiger partial charge in [-0.15, -0.1) is 8.86 Å². The third kappa shape index (κ3) is 4.69. The van der Waals surface area contributed by atoms with Crippen molar-refractivity contribution in [3.8, 4) is 0 Å². The molecule has 0 bridgehead atoms. The summed E-state index contributed by atoms with van der Waals surface area (Å²) in [5.41, 5.74) is 7.72. The second-order valence-corrected chi connectivity index (χ2v) is 18.3. The number of hydrogen-bond acceptors (Lipinski definition) is 8. The van der Waals surface area contributed by atoms with Crippen LogP contribution >= 0.6 is 8.86 Å². The summed E-state index contributed by atoms with van der Waals surface area (Å²) in [6, 6.07) is 0. The number of nitrogens with two attached hydrogens (primary N) is 1. The van der Waals surface area contributed by atoms with E-state index in [4.69, 9.17) is 10.5 Å². The Morgan fingerprint density at radius 1 is 0.956 bits per heavy atom. The van der Waals surface area contributed by atoms with E-state index < -0.39 is 54.3 Å². The van der Waals surface area contributed by atoms with Crippen LogP contribution in [0.2, 0.25) is 0 Å². The van der Waals surface area contributed by atoms with Crippen LogP contribution in [0.4, 0.5) is 0 Å². The van der Waals surface area contributed by atoms with Gasteiger partial charge in [0, 0.05) is 16.4 Å². The van der Waals surface area contributed by atoms with Crippen LogP contribution in [-0.2, 0) is 4.74 Å². The fourth-order valence-electron chi connectivity index (χ4n) is 12.0. The summed E-state index contributed by atoms with van der Waals surface area (Å²) >= 11 is 0. The number of rotatable bonds is 5. The van der Waals surface area contributed by atoms with Crippen LogP contribution in [0.15, 0.2) is 11.6 Å². The molecule has 45 heavy (non-hydrogen) atoms. The molecule has 9 N–H and O–H groups in total. The molecule has 1 aliphatic heterocycles. The van der Waals surface area contributed by atoms with E-state index >= 15 is 0 Å². The molecule has 1 heterocycles. The van der Waals surface area contributed by atoms with Gasteiger partial charge in [0.15, 0.2) is 0 Å². The third-order valence-corrected chi connectivity index (χ3v) is 15.5. The van der Waals surface area contributed by atoms with Gasteiger partial charge in [0.2, 0.25) is 0 Å². The van der Waals surface area contributed by atoms with Crippen molar-refractivity contribution in [1.82, 2.24) is 5.32 Å². The number of aliphatic hydroxyl groups is 6. The average Bonchev–Trinajstić information content (AvgIpc) is 3.24. The molecule has 10 heteroatoms. The Labute approximate surface area is 271 Å². The molecule has 0 aromatic carbocycles. The molecule has 5 fully saturated rings. The van der Waals surface area contributed by atoms with Crippen molar-refractivity contribution in [1.29, 1.82) is 0 Å². The molecule has 4 saturated carbocycles. The summed E-state index contributed by atoms with van der Waals surface area (Å²) in [4.78, 5) is 0. The van der Waals surface area contributed by atoms with Crippen molar-refractivity contribution in [2.24, 2.45) is 50.6 Å². The largest absolute Gasteiger partial charge is 0.394 e. The zero-order valence-corrected chi connectivity index (χ0v) is 29.1. The smallest absolute Gasteiger partial charge is 0.138 e. The molecular formula is C35H59N2O7P. The van der Waals surface area contributed by atoms with Crippen LogP contribution in [0.25, 0.3) is 0 Å². The lowest BCUT2D eigenvalue weighted by molar-refractivity contribution is -0.195. The Morgan fingerprint density at radius 3 is 2.29 bits per heavy atom. The van der Waals surface area contributed by atoms with Crippen LogP contribution in [0.1, 0.15) is 99.3 Å². The summed E-state index contributed by atoms with van der Waals surface area (Å²) < 4.78 is 5.62. The zero-order valence-electron chi connectivity index (χ0n) is 28.1. The first-order chi connectivity index (χ1) is 20.8. The maximum Gasteiger partial charge on any atom is 0.138 e. The molecular weight excluding hydrogens is 591 g/mol. The van der Waals surface area contributed by atoms with E-state index in [1.165, 1.54) is 5.57 Å². The van der Waals surface area contributed by atoms with E-state index in [0.29, 0.717) is 30.1 Å². The lowest BCUT2D eigenvalue weighted by Crippen LogP contribution is -2.74. The predicted molar refractivity (Wildman–Crippen MR) is 175 cm³/mol. The van der Waals surface area contributed by atoms with Gasteiger partial charge in [-0.05, 0) is 103 Å². The van der Waals surface area contributed by atoms with E-state index in [9.17, 15) is 30.6 Å². The number of aliphatic hydroxyl groups excluding tert-OH is 6. The maximum atomic E-state index is 12.4. The van der Waals surface area contributed by atoms with E-state index in [0.717, 1.165) is 44.9 Å². The van der Waals surface area contributed by atoms with Gasteiger partial charge in [-0.25, -0.2) is 0 Å². The minimum atomic E-state index is -1.39. The molecule has 9 nitrogen and oxygen atoms in total. The number of nitrogens with one attached hydrogen (secondary N) is 1. The Bertz CT molecular complexity index is 1230. The van der Waals surface area contributed by atoms with Gasteiger partial charge in [-0.2, -0.15) is 0 Å². The van der Waals surface area contributed by atoms with Gasteiger partial charge in [-0.1, -0.05) is 47.6 Å². The van der Waals surface area contributed by atoms with Crippen LogP contribution in [0.3, 0.4) is 0 Å². The molecule has 256 valence electrons. The lowest BCUT2D eigenvalue weighted by atomic mass is 9.35. The monoisotopic (exact) mass is 650 g/mol. The highest BCUT2D eigenvalue weighted by molar-refractivity contribution is 7.21. The fraction of sp³-hybridized carbons (Fsp3) is 0.914. The van der Waals surface area contributed by atoms with Crippen molar-refractivity contribution >= 4 is 14.3 Å². The summed E-state index contributed by atoms with van der Waals surface area (Å²) in [6.07, 6.45) is 2.52. The normalized spacial score (nSPS) is 52.5. The molecule has 0 radical (unpaired) electrons. The van der Waals surface area contributed by atoms with Crippen LogP contribution in [0.5, 0.6) is 0 Å². The number of hydrogen-bond donors (Lipinski definition) is 8. The first-order valence-electron chi connectivity index (χ1n) is 17.3. The first-order valence-corrected chi connectivity index (χ1v) is 17.8. The zero-order chi connectivity index (χ0) is 33.1. The van der Waals surface area contributed by atoms with Gasteiger partial charge in [0.05, 0.1) is 18.8 Å². The molecule has 6 aliphatic rings. The average molecular weight is 651 g/mol. The maximum absolute atomic E-state index is 12.4. The van der Waals surface area contributed by atoms with Gasteiger partial charge >= 0.3 is 0 Å². The Morgan fingerprint density at radius 2 is 1.64 bits per heavy atom. The summed E-state index contributed by atoms with van der Waals surface area (Å²) in [6.45, 7) is 13.4. The van der Waals surface area contributed by atoms with E-state index in [-0.39, 0.29) is 33.7 Å². The van der Waals surface area contributed by atoms with Crippen LogP contribution < -0.4 is 11.1 Å². The van der Waals surface area contributed by atoms with Gasteiger partial charge in [0.1, 0.15) is 30.6 Å². The highest BCUT2D eigenvalue weighted by Crippen LogP contribution is 2.72. The van der Waals surface area contributed by atoms with Crippen molar-refractivity contribution in [3.05, 3.63) is 11.6 Å². The molecule has 6 rings (SSSR count). The van der Waals surface area contributed by atoms with Crippen molar-refractivity contribution in [2.75, 3.05) is 6.61 Å². The van der Waals surface area contributed by atoms with Crippen molar-refractivity contribution < 1.29 is 35.4 Å². The molecule has 0 aromatic rings. The summed E-state index contributed by atoms with van der Waals surface area (Å²) in [5, 5.41) is 68.2. The summed E-state index contributed by atoms with van der Waals surface area (Å²) in [7, 11) is 3.87. The lowest BCUT2D eigenvalue weighted by Gasteiger charge is -2.71. The quantitative estimate of drug-likeness (QED) is 0.127. The highest BCUT2D eigenvalue weighted by atomic mass is 31.0. The molecule has 5 unspecified atom stereocenters. The second kappa shape index (κ2) is 11.0. The molecule has 14 atom stereocenters. The van der Waals surface area contributed by atoms with E-state index in [1.807, 2.05) is 0 Å². The number of fused-ring (bicyclic) bond motifs is 7. The van der Waals surface area contributed by atoms with Crippen LogP contribution in [-0.4, -0.2) is 91.1 Å². The van der Waals surface area contributed by atoms with Gasteiger partial charge in [0.25, 0.3) is 0 Å². The van der Waals surface area contributed by atoms with Gasteiger partial charge in [-0.3, -0.25) is 5.32 Å². The molecule has 0 spiro atoms. The molecule has 0 amide bonds. The molecule has 5 aliphatic carbocycles. The Balaban J connectivity index is 1.36. The third-order valence-electron chi connectivity index (χ3n) is 14.9. The summed E-state index contributed by atoms with van der Waals surface area (Å²) in [5.74, 6) is 0.649. The highest BCUT2D eigenvalue weighted by Gasteiger charge is 2.71. The second-order valence-electron chi connectivity index (χ2n) is 17.8. The van der Waals surface area contributed by atoms with Crippen molar-refractivity contribution in [3.63, 3.8) is 0 Å². The van der Waals surface area contributed by atoms with E-state index in [1.54, 1.807) is 0 Å². The minimum Gasteiger partial charge on any atom is -0.394 e. The Kier molecular flexibility index (Phi) is 8.43. The Hall–Kier alpha value is -0.450. The molecule has 1 saturated heterocycles. The first kappa shape index (κ1) is 34.4. The fourth-order valence-corrected chi connectivity index (χ4v) is 12.6.